The summed E-state index contributed by atoms with van der Waals surface area (Å²) in [5.74, 6) is -0.739. The first-order chi connectivity index (χ1) is 8.80. The first-order valence-corrected chi connectivity index (χ1v) is 6.20. The van der Waals surface area contributed by atoms with Crippen LogP contribution in [0.25, 0.3) is 0 Å². The summed E-state index contributed by atoms with van der Waals surface area (Å²) in [6.07, 6.45) is 0.538. The fraction of sp³-hybridized carbons (Fsp3) is 0.429. The van der Waals surface area contributed by atoms with Gasteiger partial charge in [0, 0.05) is 12.0 Å². The van der Waals surface area contributed by atoms with Crippen molar-refractivity contribution in [3.63, 3.8) is 0 Å². The van der Waals surface area contributed by atoms with Gasteiger partial charge < -0.3 is 16.8 Å². The maximum Gasteiger partial charge on any atom is 0.237 e. The Bertz CT molecular complexity index is 443. The lowest BCUT2D eigenvalue weighted by Crippen LogP contribution is -2.52. The number of hydrogen-bond donors (Lipinski definition) is 3. The van der Waals surface area contributed by atoms with Crippen LogP contribution in [0.1, 0.15) is 25.8 Å². The monoisotopic (exact) mass is 263 g/mol. The lowest BCUT2D eigenvalue weighted by atomic mass is 9.98. The molecule has 0 aliphatic heterocycles. The van der Waals surface area contributed by atoms with Crippen molar-refractivity contribution in [3.05, 3.63) is 35.9 Å². The molecule has 19 heavy (non-hydrogen) atoms. The van der Waals surface area contributed by atoms with E-state index in [1.807, 2.05) is 30.3 Å². The number of amides is 2. The first-order valence-electron chi connectivity index (χ1n) is 6.20. The quantitative estimate of drug-likeness (QED) is 0.689. The Morgan fingerprint density at radius 3 is 2.37 bits per heavy atom. The Labute approximate surface area is 113 Å². The van der Waals surface area contributed by atoms with Crippen LogP contribution in [0.2, 0.25) is 0 Å². The van der Waals surface area contributed by atoms with Crippen molar-refractivity contribution >= 4 is 11.8 Å². The molecule has 5 heteroatoms. The van der Waals surface area contributed by atoms with Gasteiger partial charge in [0.05, 0.1) is 6.04 Å². The second-order valence-electron chi connectivity index (χ2n) is 5.31. The van der Waals surface area contributed by atoms with E-state index >= 15 is 0 Å². The van der Waals surface area contributed by atoms with Crippen molar-refractivity contribution in [2.24, 2.45) is 11.5 Å². The molecule has 0 aliphatic rings. The predicted octanol–water partition coefficient (Wildman–Crippen LogP) is 0.327. The second-order valence-corrected chi connectivity index (χ2v) is 5.31. The van der Waals surface area contributed by atoms with Gasteiger partial charge in [-0.1, -0.05) is 30.3 Å². The molecule has 0 aromatic heterocycles. The average Bonchev–Trinajstić information content (AvgIpc) is 2.27. The highest BCUT2D eigenvalue weighted by atomic mass is 16.2. The SMILES string of the molecule is CC(C)(CC(N)=O)NC(=O)C(N)Cc1ccccc1. The standard InChI is InChI=1S/C14H21N3O2/c1-14(2,9-12(16)18)17-13(19)11(15)8-10-6-4-3-5-7-10/h3-7,11H,8-9,15H2,1-2H3,(H2,16,18)(H,17,19). The predicted molar refractivity (Wildman–Crippen MR) is 74.2 cm³/mol. The Hall–Kier alpha value is -1.88. The highest BCUT2D eigenvalue weighted by Crippen LogP contribution is 2.09. The molecule has 0 aliphatic carbocycles. The second kappa shape index (κ2) is 6.33. The zero-order chi connectivity index (χ0) is 14.5. The molecule has 0 bridgehead atoms. The maximum atomic E-state index is 12.0. The minimum Gasteiger partial charge on any atom is -0.370 e. The van der Waals surface area contributed by atoms with E-state index in [2.05, 4.69) is 5.32 Å². The number of nitrogens with two attached hydrogens (primary N) is 2. The van der Waals surface area contributed by atoms with Crippen molar-refractivity contribution in [2.75, 3.05) is 0 Å². The number of hydrogen-bond acceptors (Lipinski definition) is 3. The zero-order valence-corrected chi connectivity index (χ0v) is 11.3. The van der Waals surface area contributed by atoms with E-state index in [4.69, 9.17) is 11.5 Å². The highest BCUT2D eigenvalue weighted by Gasteiger charge is 2.25. The van der Waals surface area contributed by atoms with Crippen molar-refractivity contribution in [1.82, 2.24) is 5.32 Å². The molecule has 0 saturated heterocycles. The fourth-order valence-corrected chi connectivity index (χ4v) is 1.87. The van der Waals surface area contributed by atoms with Gasteiger partial charge in [-0.3, -0.25) is 9.59 Å². The molecule has 1 aromatic rings. The maximum absolute atomic E-state index is 12.0. The minimum absolute atomic E-state index is 0.0802. The summed E-state index contributed by atoms with van der Waals surface area (Å²) in [7, 11) is 0. The molecular formula is C14H21N3O2. The molecule has 1 unspecified atom stereocenters. The molecule has 0 saturated carbocycles. The number of nitrogens with one attached hydrogen (secondary N) is 1. The Morgan fingerprint density at radius 1 is 1.26 bits per heavy atom. The average molecular weight is 263 g/mol. The number of carbonyl (C=O) groups is 2. The summed E-state index contributed by atoms with van der Waals surface area (Å²) in [6.45, 7) is 3.48. The Balaban J connectivity index is 2.56. The van der Waals surface area contributed by atoms with Crippen LogP contribution in [0.5, 0.6) is 0 Å². The molecule has 5 N–H and O–H groups in total. The number of carbonyl (C=O) groups excluding carboxylic acids is 2. The van der Waals surface area contributed by atoms with E-state index in [-0.39, 0.29) is 12.3 Å². The molecule has 0 heterocycles. The molecule has 5 nitrogen and oxygen atoms in total. The van der Waals surface area contributed by atoms with Gasteiger partial charge in [0.25, 0.3) is 0 Å². The molecule has 0 spiro atoms. The molecule has 2 amide bonds. The number of primary amides is 1. The van der Waals surface area contributed by atoms with E-state index in [1.165, 1.54) is 0 Å². The van der Waals surface area contributed by atoms with Gasteiger partial charge in [-0.25, -0.2) is 0 Å². The molecular weight excluding hydrogens is 242 g/mol. The van der Waals surface area contributed by atoms with Gasteiger partial charge in [-0.15, -0.1) is 0 Å². The van der Waals surface area contributed by atoms with E-state index in [0.29, 0.717) is 6.42 Å². The van der Waals surface area contributed by atoms with Gasteiger partial charge in [-0.05, 0) is 25.8 Å². The minimum atomic E-state index is -0.683. The van der Waals surface area contributed by atoms with E-state index in [0.717, 1.165) is 5.56 Å². The number of rotatable bonds is 6. The fourth-order valence-electron chi connectivity index (χ4n) is 1.87. The van der Waals surface area contributed by atoms with Crippen molar-refractivity contribution in [3.8, 4) is 0 Å². The molecule has 1 atom stereocenters. The van der Waals surface area contributed by atoms with Crippen LogP contribution in [0.15, 0.2) is 30.3 Å². The van der Waals surface area contributed by atoms with Gasteiger partial charge in [0.2, 0.25) is 11.8 Å². The van der Waals surface area contributed by atoms with Crippen LogP contribution in [-0.2, 0) is 16.0 Å². The summed E-state index contributed by atoms with van der Waals surface area (Å²) >= 11 is 0. The molecule has 1 aromatic carbocycles. The lowest BCUT2D eigenvalue weighted by molar-refractivity contribution is -0.125. The van der Waals surface area contributed by atoms with Crippen molar-refractivity contribution < 1.29 is 9.59 Å². The first kappa shape index (κ1) is 15.2. The third-order valence-electron chi connectivity index (χ3n) is 2.71. The van der Waals surface area contributed by atoms with Crippen molar-refractivity contribution in [1.29, 1.82) is 0 Å². The van der Waals surface area contributed by atoms with Gasteiger partial charge >= 0.3 is 0 Å². The summed E-state index contributed by atoms with van der Waals surface area (Å²) in [4.78, 5) is 22.9. The van der Waals surface area contributed by atoms with Gasteiger partial charge in [-0.2, -0.15) is 0 Å². The summed E-state index contributed by atoms with van der Waals surface area (Å²) in [5, 5.41) is 2.74. The molecule has 0 fully saturated rings. The molecule has 1 rings (SSSR count). The zero-order valence-electron chi connectivity index (χ0n) is 11.3. The summed E-state index contributed by atoms with van der Waals surface area (Å²) < 4.78 is 0. The molecule has 104 valence electrons. The van der Waals surface area contributed by atoms with Crippen LogP contribution in [0.3, 0.4) is 0 Å². The van der Waals surface area contributed by atoms with Crippen LogP contribution in [0, 0.1) is 0 Å². The molecule has 0 radical (unpaired) electrons. The van der Waals surface area contributed by atoms with Crippen LogP contribution < -0.4 is 16.8 Å². The van der Waals surface area contributed by atoms with Crippen LogP contribution in [0.4, 0.5) is 0 Å². The Kier molecular flexibility index (Phi) is 5.06. The third kappa shape index (κ3) is 5.52. The lowest BCUT2D eigenvalue weighted by Gasteiger charge is -2.26. The smallest absolute Gasteiger partial charge is 0.237 e. The van der Waals surface area contributed by atoms with Crippen LogP contribution in [-0.4, -0.2) is 23.4 Å². The normalized spacial score (nSPS) is 12.8. The largest absolute Gasteiger partial charge is 0.370 e. The van der Waals surface area contributed by atoms with E-state index < -0.39 is 17.5 Å². The topological polar surface area (TPSA) is 98.2 Å². The van der Waals surface area contributed by atoms with Crippen LogP contribution >= 0.6 is 0 Å². The third-order valence-corrected chi connectivity index (χ3v) is 2.71. The highest BCUT2D eigenvalue weighted by molar-refractivity contribution is 5.83. The van der Waals surface area contributed by atoms with Crippen molar-refractivity contribution in [2.45, 2.75) is 38.3 Å². The van der Waals surface area contributed by atoms with Gasteiger partial charge in [0.1, 0.15) is 0 Å². The summed E-state index contributed by atoms with van der Waals surface area (Å²) in [5.41, 5.74) is 11.3. The van der Waals surface area contributed by atoms with Gasteiger partial charge in [0.15, 0.2) is 0 Å². The number of benzene rings is 1. The Morgan fingerprint density at radius 2 is 1.84 bits per heavy atom. The van der Waals surface area contributed by atoms with E-state index in [1.54, 1.807) is 13.8 Å². The van der Waals surface area contributed by atoms with E-state index in [9.17, 15) is 9.59 Å². The summed E-state index contributed by atoms with van der Waals surface area (Å²) in [6, 6.07) is 8.90.